The largest absolute Gasteiger partial charge is 0.462 e. The molecule has 6 heteroatoms. The SMILES string of the molecule is CCOC(=O)c1cnoc1-c1ccc(F)c(Cl)c1. The predicted molar refractivity (Wildman–Crippen MR) is 62.9 cm³/mol. The minimum absolute atomic E-state index is 0.0568. The number of nitrogens with zero attached hydrogens (tertiary/aromatic N) is 1. The van der Waals surface area contributed by atoms with Crippen LogP contribution in [0.3, 0.4) is 0 Å². The van der Waals surface area contributed by atoms with E-state index in [1.54, 1.807) is 6.92 Å². The van der Waals surface area contributed by atoms with Crippen molar-refractivity contribution in [2.45, 2.75) is 6.92 Å². The molecule has 0 aliphatic rings. The quantitative estimate of drug-likeness (QED) is 0.802. The molecule has 2 aromatic rings. The summed E-state index contributed by atoms with van der Waals surface area (Å²) in [4.78, 5) is 11.6. The van der Waals surface area contributed by atoms with Crippen molar-refractivity contribution in [2.75, 3.05) is 6.61 Å². The number of hydrogen-bond donors (Lipinski definition) is 0. The third-order valence-corrected chi connectivity index (χ3v) is 2.54. The van der Waals surface area contributed by atoms with Gasteiger partial charge in [0.15, 0.2) is 5.76 Å². The van der Waals surface area contributed by atoms with Crippen molar-refractivity contribution >= 4 is 17.6 Å². The Morgan fingerprint density at radius 2 is 2.33 bits per heavy atom. The molecule has 18 heavy (non-hydrogen) atoms. The highest BCUT2D eigenvalue weighted by molar-refractivity contribution is 6.31. The summed E-state index contributed by atoms with van der Waals surface area (Å²) in [5.41, 5.74) is 0.640. The molecule has 2 rings (SSSR count). The van der Waals surface area contributed by atoms with Crippen molar-refractivity contribution in [3.05, 3.63) is 40.8 Å². The average Bonchev–Trinajstić information content (AvgIpc) is 2.82. The first-order chi connectivity index (χ1) is 8.63. The number of esters is 1. The topological polar surface area (TPSA) is 52.3 Å². The van der Waals surface area contributed by atoms with Gasteiger partial charge in [-0.1, -0.05) is 16.8 Å². The average molecular weight is 270 g/mol. The van der Waals surface area contributed by atoms with E-state index in [0.29, 0.717) is 5.56 Å². The number of rotatable bonds is 3. The van der Waals surface area contributed by atoms with Crippen molar-refractivity contribution in [3.63, 3.8) is 0 Å². The van der Waals surface area contributed by atoms with E-state index in [2.05, 4.69) is 5.16 Å². The van der Waals surface area contributed by atoms with E-state index >= 15 is 0 Å². The third-order valence-electron chi connectivity index (χ3n) is 2.25. The number of hydrogen-bond acceptors (Lipinski definition) is 4. The fourth-order valence-corrected chi connectivity index (χ4v) is 1.62. The van der Waals surface area contributed by atoms with Gasteiger partial charge in [0.1, 0.15) is 11.4 Å². The van der Waals surface area contributed by atoms with E-state index in [-0.39, 0.29) is 23.0 Å². The van der Waals surface area contributed by atoms with Crippen LogP contribution in [0.25, 0.3) is 11.3 Å². The summed E-state index contributed by atoms with van der Waals surface area (Å²) in [6.07, 6.45) is 1.25. The molecule has 1 heterocycles. The molecular weight excluding hydrogens is 261 g/mol. The molecule has 0 aliphatic heterocycles. The molecule has 0 spiro atoms. The zero-order valence-corrected chi connectivity index (χ0v) is 10.2. The van der Waals surface area contributed by atoms with Crippen LogP contribution < -0.4 is 0 Å². The van der Waals surface area contributed by atoms with Crippen LogP contribution in [0.2, 0.25) is 5.02 Å². The Morgan fingerprint density at radius 1 is 1.56 bits per heavy atom. The van der Waals surface area contributed by atoms with Crippen LogP contribution in [0, 0.1) is 5.82 Å². The summed E-state index contributed by atoms with van der Waals surface area (Å²) in [5, 5.41) is 3.48. The van der Waals surface area contributed by atoms with Crippen LogP contribution in [0.1, 0.15) is 17.3 Å². The normalized spacial score (nSPS) is 10.4. The molecule has 4 nitrogen and oxygen atoms in total. The molecule has 0 unspecified atom stereocenters. The Labute approximate surface area is 107 Å². The van der Waals surface area contributed by atoms with E-state index in [1.165, 1.54) is 24.4 Å². The molecule has 0 bridgehead atoms. The van der Waals surface area contributed by atoms with Gasteiger partial charge in [0.05, 0.1) is 17.8 Å². The lowest BCUT2D eigenvalue weighted by Crippen LogP contribution is -2.04. The van der Waals surface area contributed by atoms with Crippen LogP contribution in [-0.2, 0) is 4.74 Å². The second-order valence-electron chi connectivity index (χ2n) is 3.42. The summed E-state index contributed by atoms with van der Waals surface area (Å²) in [7, 11) is 0. The molecule has 0 N–H and O–H groups in total. The minimum Gasteiger partial charge on any atom is -0.462 e. The predicted octanol–water partition coefficient (Wildman–Crippen LogP) is 3.31. The smallest absolute Gasteiger partial charge is 0.343 e. The van der Waals surface area contributed by atoms with Crippen LogP contribution in [0.4, 0.5) is 4.39 Å². The first kappa shape index (κ1) is 12.6. The van der Waals surface area contributed by atoms with Gasteiger partial charge in [-0.15, -0.1) is 0 Å². The first-order valence-corrected chi connectivity index (χ1v) is 5.58. The van der Waals surface area contributed by atoms with Gasteiger partial charge < -0.3 is 9.26 Å². The van der Waals surface area contributed by atoms with Crippen LogP contribution in [0.15, 0.2) is 28.9 Å². The summed E-state index contributed by atoms with van der Waals surface area (Å²) < 4.78 is 22.9. The van der Waals surface area contributed by atoms with Gasteiger partial charge in [0.25, 0.3) is 0 Å². The minimum atomic E-state index is -0.547. The molecule has 0 atom stereocenters. The maximum absolute atomic E-state index is 13.1. The van der Waals surface area contributed by atoms with E-state index < -0.39 is 11.8 Å². The van der Waals surface area contributed by atoms with Crippen LogP contribution >= 0.6 is 11.6 Å². The summed E-state index contributed by atoms with van der Waals surface area (Å²) in [6, 6.07) is 4.00. The van der Waals surface area contributed by atoms with Crippen molar-refractivity contribution in [1.29, 1.82) is 0 Å². The number of carbonyl (C=O) groups is 1. The van der Waals surface area contributed by atoms with Crippen LogP contribution in [-0.4, -0.2) is 17.7 Å². The Hall–Kier alpha value is -1.88. The zero-order valence-electron chi connectivity index (χ0n) is 9.44. The van der Waals surface area contributed by atoms with Gasteiger partial charge in [0.2, 0.25) is 0 Å². The van der Waals surface area contributed by atoms with Crippen molar-refractivity contribution in [3.8, 4) is 11.3 Å². The number of aromatic nitrogens is 1. The highest BCUT2D eigenvalue weighted by Gasteiger charge is 2.19. The molecule has 1 aromatic carbocycles. The summed E-state index contributed by atoms with van der Waals surface area (Å²) in [6.45, 7) is 1.94. The van der Waals surface area contributed by atoms with Gasteiger partial charge in [-0.2, -0.15) is 0 Å². The molecule has 0 saturated heterocycles. The highest BCUT2D eigenvalue weighted by atomic mass is 35.5. The lowest BCUT2D eigenvalue weighted by atomic mass is 10.1. The monoisotopic (exact) mass is 269 g/mol. The molecule has 94 valence electrons. The van der Waals surface area contributed by atoms with Crippen molar-refractivity contribution in [2.24, 2.45) is 0 Å². The maximum atomic E-state index is 13.1. The number of benzene rings is 1. The number of carbonyl (C=O) groups excluding carboxylic acids is 1. The standard InChI is InChI=1S/C12H9ClFNO3/c1-2-17-12(16)8-6-15-18-11(8)7-3-4-10(14)9(13)5-7/h3-6H,2H2,1H3. The van der Waals surface area contributed by atoms with E-state index in [1.807, 2.05) is 0 Å². The van der Waals surface area contributed by atoms with Gasteiger partial charge >= 0.3 is 5.97 Å². The van der Waals surface area contributed by atoms with Gasteiger partial charge in [0, 0.05) is 5.56 Å². The van der Waals surface area contributed by atoms with E-state index in [4.69, 9.17) is 20.9 Å². The first-order valence-electron chi connectivity index (χ1n) is 5.20. The lowest BCUT2D eigenvalue weighted by molar-refractivity contribution is 0.0527. The van der Waals surface area contributed by atoms with E-state index in [0.717, 1.165) is 0 Å². The van der Waals surface area contributed by atoms with Gasteiger partial charge in [-0.3, -0.25) is 0 Å². The fourth-order valence-electron chi connectivity index (χ4n) is 1.44. The van der Waals surface area contributed by atoms with Crippen molar-refractivity contribution in [1.82, 2.24) is 5.16 Å². The van der Waals surface area contributed by atoms with Gasteiger partial charge in [-0.05, 0) is 25.1 Å². The van der Waals surface area contributed by atoms with Crippen LogP contribution in [0.5, 0.6) is 0 Å². The lowest BCUT2D eigenvalue weighted by Gasteiger charge is -2.02. The molecule has 0 fully saturated rings. The second kappa shape index (κ2) is 5.18. The fraction of sp³-hybridized carbons (Fsp3) is 0.167. The highest BCUT2D eigenvalue weighted by Crippen LogP contribution is 2.27. The molecular formula is C12H9ClFNO3. The Bertz CT molecular complexity index is 582. The Kier molecular flexibility index (Phi) is 3.62. The van der Waals surface area contributed by atoms with E-state index in [9.17, 15) is 9.18 Å². The number of halogens is 2. The molecule has 0 radical (unpaired) electrons. The third kappa shape index (κ3) is 2.36. The molecule has 0 saturated carbocycles. The maximum Gasteiger partial charge on any atom is 0.343 e. The van der Waals surface area contributed by atoms with Crippen molar-refractivity contribution < 1.29 is 18.4 Å². The summed E-state index contributed by atoms with van der Waals surface area (Å²) >= 11 is 5.67. The second-order valence-corrected chi connectivity index (χ2v) is 3.83. The number of ether oxygens (including phenoxy) is 1. The molecule has 0 amide bonds. The Morgan fingerprint density at radius 3 is 3.00 bits per heavy atom. The summed E-state index contributed by atoms with van der Waals surface area (Å²) in [5.74, 6) is -0.887. The molecule has 0 aliphatic carbocycles. The van der Waals surface area contributed by atoms with Gasteiger partial charge in [-0.25, -0.2) is 9.18 Å². The zero-order chi connectivity index (χ0) is 13.1. The molecule has 1 aromatic heterocycles. The Balaban J connectivity index is 2.42.